The van der Waals surface area contributed by atoms with E-state index >= 15 is 0 Å². The van der Waals surface area contributed by atoms with Crippen LogP contribution in [0.1, 0.15) is 38.9 Å². The molecule has 1 aliphatic rings. The molecule has 7 nitrogen and oxygen atoms in total. The van der Waals surface area contributed by atoms with Gasteiger partial charge in [0.05, 0.1) is 0 Å². The van der Waals surface area contributed by atoms with Gasteiger partial charge in [-0.15, -0.1) is 10.2 Å². The van der Waals surface area contributed by atoms with Gasteiger partial charge in [0.1, 0.15) is 5.60 Å². The molecule has 1 aromatic heterocycles. The number of hydrogen-bond acceptors (Lipinski definition) is 5. The molecule has 0 saturated carbocycles. The first kappa shape index (κ1) is 11.8. The minimum Gasteiger partial charge on any atom is -0.444 e. The second-order valence-corrected chi connectivity index (χ2v) is 5.18. The number of nitrogens with one attached hydrogen (secondary N) is 1. The van der Waals surface area contributed by atoms with Gasteiger partial charge in [0.15, 0.2) is 5.82 Å². The van der Waals surface area contributed by atoms with Gasteiger partial charge in [0, 0.05) is 19.0 Å². The molecule has 1 saturated heterocycles. The van der Waals surface area contributed by atoms with Gasteiger partial charge in [-0.1, -0.05) is 5.21 Å². The molecule has 17 heavy (non-hydrogen) atoms. The number of hydrogen-bond donors (Lipinski definition) is 1. The SMILES string of the molecule is CC(C)(C)OC(=O)N1CC[C@H](c2nn[nH]n2)C1. The number of rotatable bonds is 1. The van der Waals surface area contributed by atoms with Gasteiger partial charge in [0.25, 0.3) is 0 Å². The third-order valence-corrected chi connectivity index (χ3v) is 2.57. The van der Waals surface area contributed by atoms with Crippen LogP contribution in [0.5, 0.6) is 0 Å². The zero-order valence-electron chi connectivity index (χ0n) is 10.3. The van der Waals surface area contributed by atoms with Crippen LogP contribution in [0.25, 0.3) is 0 Å². The van der Waals surface area contributed by atoms with E-state index in [2.05, 4.69) is 20.6 Å². The molecule has 0 spiro atoms. The van der Waals surface area contributed by atoms with Gasteiger partial charge in [-0.2, -0.15) is 5.21 Å². The topological polar surface area (TPSA) is 84.0 Å². The molecule has 7 heteroatoms. The molecule has 94 valence electrons. The first-order chi connectivity index (χ1) is 7.96. The van der Waals surface area contributed by atoms with Crippen molar-refractivity contribution in [2.75, 3.05) is 13.1 Å². The number of nitrogens with zero attached hydrogens (tertiary/aromatic N) is 4. The zero-order valence-corrected chi connectivity index (χ0v) is 10.3. The van der Waals surface area contributed by atoms with E-state index in [9.17, 15) is 4.79 Å². The van der Waals surface area contributed by atoms with E-state index in [1.165, 1.54) is 0 Å². The number of aromatic nitrogens is 4. The summed E-state index contributed by atoms with van der Waals surface area (Å²) in [5, 5.41) is 13.8. The predicted molar refractivity (Wildman–Crippen MR) is 59.3 cm³/mol. The molecule has 1 N–H and O–H groups in total. The molecule has 2 heterocycles. The van der Waals surface area contributed by atoms with E-state index in [0.29, 0.717) is 18.9 Å². The van der Waals surface area contributed by atoms with Crippen LogP contribution in [-0.2, 0) is 4.74 Å². The summed E-state index contributed by atoms with van der Waals surface area (Å²) >= 11 is 0. The van der Waals surface area contributed by atoms with Crippen molar-refractivity contribution < 1.29 is 9.53 Å². The Balaban J connectivity index is 1.92. The average molecular weight is 239 g/mol. The van der Waals surface area contributed by atoms with Crippen LogP contribution in [-0.4, -0.2) is 50.3 Å². The van der Waals surface area contributed by atoms with Crippen LogP contribution < -0.4 is 0 Å². The van der Waals surface area contributed by atoms with Crippen LogP contribution >= 0.6 is 0 Å². The molecule has 0 aromatic carbocycles. The van der Waals surface area contributed by atoms with Crippen molar-refractivity contribution in [2.24, 2.45) is 0 Å². The quantitative estimate of drug-likeness (QED) is 0.788. The van der Waals surface area contributed by atoms with Crippen LogP contribution in [0.4, 0.5) is 4.79 Å². The van der Waals surface area contributed by atoms with Crippen molar-refractivity contribution in [1.29, 1.82) is 0 Å². The fourth-order valence-corrected chi connectivity index (χ4v) is 1.81. The van der Waals surface area contributed by atoms with Crippen molar-refractivity contribution in [3.63, 3.8) is 0 Å². The van der Waals surface area contributed by atoms with Crippen molar-refractivity contribution in [1.82, 2.24) is 25.5 Å². The summed E-state index contributed by atoms with van der Waals surface area (Å²) in [5.41, 5.74) is -0.457. The summed E-state index contributed by atoms with van der Waals surface area (Å²) in [6.45, 7) is 6.84. The standard InChI is InChI=1S/C10H17N5O2/c1-10(2,3)17-9(16)15-5-4-7(6-15)8-11-13-14-12-8/h7H,4-6H2,1-3H3,(H,11,12,13,14)/t7-/m0/s1. The zero-order chi connectivity index (χ0) is 12.5. The summed E-state index contributed by atoms with van der Waals surface area (Å²) < 4.78 is 5.31. The highest BCUT2D eigenvalue weighted by Gasteiger charge is 2.32. The largest absolute Gasteiger partial charge is 0.444 e. The van der Waals surface area contributed by atoms with E-state index in [1.807, 2.05) is 20.8 Å². The molecule has 1 atom stereocenters. The van der Waals surface area contributed by atoms with Crippen molar-refractivity contribution >= 4 is 6.09 Å². The van der Waals surface area contributed by atoms with Crippen LogP contribution in [0.15, 0.2) is 0 Å². The smallest absolute Gasteiger partial charge is 0.410 e. The highest BCUT2D eigenvalue weighted by atomic mass is 16.6. The third-order valence-electron chi connectivity index (χ3n) is 2.57. The van der Waals surface area contributed by atoms with E-state index < -0.39 is 5.60 Å². The fourth-order valence-electron chi connectivity index (χ4n) is 1.81. The molecule has 0 bridgehead atoms. The molecular weight excluding hydrogens is 222 g/mol. The molecular formula is C10H17N5O2. The van der Waals surface area contributed by atoms with Crippen molar-refractivity contribution in [3.05, 3.63) is 5.82 Å². The van der Waals surface area contributed by atoms with Gasteiger partial charge in [0.2, 0.25) is 0 Å². The molecule has 0 radical (unpaired) electrons. The number of aromatic amines is 1. The normalized spacial score (nSPS) is 20.6. The van der Waals surface area contributed by atoms with Gasteiger partial charge in [-0.3, -0.25) is 0 Å². The van der Waals surface area contributed by atoms with Gasteiger partial charge in [-0.05, 0) is 27.2 Å². The number of ether oxygens (including phenoxy) is 1. The summed E-state index contributed by atoms with van der Waals surface area (Å²) in [6.07, 6.45) is 0.571. The maximum absolute atomic E-state index is 11.8. The Morgan fingerprint density at radius 1 is 1.53 bits per heavy atom. The maximum Gasteiger partial charge on any atom is 0.410 e. The Morgan fingerprint density at radius 3 is 2.88 bits per heavy atom. The van der Waals surface area contributed by atoms with E-state index in [1.54, 1.807) is 4.90 Å². The molecule has 1 amide bonds. The lowest BCUT2D eigenvalue weighted by Crippen LogP contribution is -2.35. The summed E-state index contributed by atoms with van der Waals surface area (Å²) in [6, 6.07) is 0. The van der Waals surface area contributed by atoms with Crippen molar-refractivity contribution in [2.45, 2.75) is 38.7 Å². The number of H-pyrrole nitrogens is 1. The molecule has 0 unspecified atom stereocenters. The van der Waals surface area contributed by atoms with Gasteiger partial charge in [-0.25, -0.2) is 4.79 Å². The number of likely N-dealkylation sites (tertiary alicyclic amines) is 1. The fraction of sp³-hybridized carbons (Fsp3) is 0.800. The highest BCUT2D eigenvalue weighted by molar-refractivity contribution is 5.68. The lowest BCUT2D eigenvalue weighted by atomic mass is 10.1. The predicted octanol–water partition coefficient (Wildman–Crippen LogP) is 0.924. The van der Waals surface area contributed by atoms with E-state index in [0.717, 1.165) is 6.42 Å². The van der Waals surface area contributed by atoms with Crippen LogP contribution in [0.2, 0.25) is 0 Å². The minimum atomic E-state index is -0.457. The van der Waals surface area contributed by atoms with Gasteiger partial charge < -0.3 is 9.64 Å². The monoisotopic (exact) mass is 239 g/mol. The molecule has 1 aliphatic heterocycles. The lowest BCUT2D eigenvalue weighted by Gasteiger charge is -2.24. The molecule has 1 aromatic rings. The second-order valence-electron chi connectivity index (χ2n) is 5.18. The summed E-state index contributed by atoms with van der Waals surface area (Å²) in [7, 11) is 0. The first-order valence-corrected chi connectivity index (χ1v) is 5.67. The Bertz CT molecular complexity index is 384. The number of amides is 1. The highest BCUT2D eigenvalue weighted by Crippen LogP contribution is 2.25. The van der Waals surface area contributed by atoms with Crippen molar-refractivity contribution in [3.8, 4) is 0 Å². The number of carbonyl (C=O) groups is 1. The molecule has 1 fully saturated rings. The molecule has 2 rings (SSSR count). The third kappa shape index (κ3) is 2.92. The summed E-state index contributed by atoms with van der Waals surface area (Å²) in [5.74, 6) is 0.817. The minimum absolute atomic E-state index is 0.154. The Hall–Kier alpha value is -1.66. The average Bonchev–Trinajstić information content (AvgIpc) is 2.86. The van der Waals surface area contributed by atoms with Crippen LogP contribution in [0, 0.1) is 0 Å². The van der Waals surface area contributed by atoms with E-state index in [-0.39, 0.29) is 12.0 Å². The number of carbonyl (C=O) groups excluding carboxylic acids is 1. The van der Waals surface area contributed by atoms with E-state index in [4.69, 9.17) is 4.74 Å². The Labute approximate surface area is 99.5 Å². The van der Waals surface area contributed by atoms with Crippen LogP contribution in [0.3, 0.4) is 0 Å². The Kier molecular flexibility index (Phi) is 2.99. The Morgan fingerprint density at radius 2 is 2.29 bits per heavy atom. The number of tetrazole rings is 1. The lowest BCUT2D eigenvalue weighted by molar-refractivity contribution is 0.0292. The maximum atomic E-state index is 11.8. The molecule has 0 aliphatic carbocycles. The first-order valence-electron chi connectivity index (χ1n) is 5.67. The summed E-state index contributed by atoms with van der Waals surface area (Å²) in [4.78, 5) is 13.5. The second kappa shape index (κ2) is 4.31. The van der Waals surface area contributed by atoms with Gasteiger partial charge >= 0.3 is 6.09 Å².